The number of carbonyl (C=O) groups is 1. The van der Waals surface area contributed by atoms with Crippen molar-refractivity contribution in [3.8, 4) is 0 Å². The van der Waals surface area contributed by atoms with E-state index in [-0.39, 0.29) is 5.91 Å². The van der Waals surface area contributed by atoms with E-state index in [2.05, 4.69) is 15.6 Å². The largest absolute Gasteiger partial charge is 0.325 e. The molecule has 0 unspecified atom stereocenters. The van der Waals surface area contributed by atoms with E-state index in [1.54, 1.807) is 19.6 Å². The van der Waals surface area contributed by atoms with Crippen LogP contribution in [0.15, 0.2) is 30.9 Å². The molecule has 15 heavy (non-hydrogen) atoms. The van der Waals surface area contributed by atoms with Gasteiger partial charge < -0.3 is 15.0 Å². The highest BCUT2D eigenvalue weighted by molar-refractivity contribution is 5.92. The molecule has 2 rings (SSSR count). The maximum atomic E-state index is 11.3. The predicted molar refractivity (Wildman–Crippen MR) is 57.7 cm³/mol. The number of carbonyl (C=O) groups excluding carboxylic acids is 1. The van der Waals surface area contributed by atoms with Gasteiger partial charge in [-0.15, -0.1) is 0 Å². The van der Waals surface area contributed by atoms with Crippen molar-refractivity contribution < 1.29 is 4.79 Å². The lowest BCUT2D eigenvalue weighted by molar-refractivity contribution is -0.115. The van der Waals surface area contributed by atoms with Gasteiger partial charge in [0.05, 0.1) is 24.6 Å². The minimum atomic E-state index is -0.0543. The topological polar surface area (TPSA) is 58.4 Å². The number of aromatic nitrogens is 2. The number of amides is 1. The van der Waals surface area contributed by atoms with Crippen LogP contribution in [0.4, 0.5) is 5.69 Å². The van der Waals surface area contributed by atoms with Crippen LogP contribution < -0.4 is 10.6 Å². The van der Waals surface area contributed by atoms with E-state index < -0.39 is 0 Å². The molecule has 2 heterocycles. The molecular weight excluding hydrogens is 192 g/mol. The molecule has 0 aliphatic heterocycles. The first-order valence-corrected chi connectivity index (χ1v) is 4.66. The van der Waals surface area contributed by atoms with E-state index >= 15 is 0 Å². The van der Waals surface area contributed by atoms with Crippen LogP contribution in [0.1, 0.15) is 0 Å². The molecule has 0 aliphatic rings. The Labute approximate surface area is 87.1 Å². The fourth-order valence-corrected chi connectivity index (χ4v) is 1.36. The molecule has 0 spiro atoms. The summed E-state index contributed by atoms with van der Waals surface area (Å²) >= 11 is 0. The van der Waals surface area contributed by atoms with Crippen LogP contribution in [0, 0.1) is 0 Å². The first-order valence-electron chi connectivity index (χ1n) is 4.66. The van der Waals surface area contributed by atoms with Gasteiger partial charge in [0.1, 0.15) is 0 Å². The van der Waals surface area contributed by atoms with Crippen LogP contribution in [0.3, 0.4) is 0 Å². The minimum absolute atomic E-state index is 0.0543. The zero-order valence-corrected chi connectivity index (χ0v) is 8.40. The Bertz CT molecular complexity index is 477. The molecule has 2 aromatic heterocycles. The molecule has 0 aliphatic carbocycles. The molecule has 1 amide bonds. The molecule has 0 bridgehead atoms. The van der Waals surface area contributed by atoms with E-state index in [1.165, 1.54) is 0 Å². The Kier molecular flexibility index (Phi) is 2.64. The summed E-state index contributed by atoms with van der Waals surface area (Å²) in [5, 5.41) is 5.57. The molecule has 2 N–H and O–H groups in total. The molecule has 5 nitrogen and oxygen atoms in total. The molecule has 78 valence electrons. The number of nitrogens with zero attached hydrogens (tertiary/aromatic N) is 2. The number of rotatable bonds is 3. The van der Waals surface area contributed by atoms with Crippen molar-refractivity contribution in [2.24, 2.45) is 0 Å². The van der Waals surface area contributed by atoms with E-state index in [0.29, 0.717) is 6.54 Å². The van der Waals surface area contributed by atoms with E-state index in [9.17, 15) is 4.79 Å². The third kappa shape index (κ3) is 2.13. The molecule has 2 aromatic rings. The van der Waals surface area contributed by atoms with Gasteiger partial charge in [0.2, 0.25) is 5.91 Å². The molecular formula is C10H12N4O. The summed E-state index contributed by atoms with van der Waals surface area (Å²) in [6.07, 6.45) is 5.32. The third-order valence-corrected chi connectivity index (χ3v) is 2.04. The Morgan fingerprint density at radius 1 is 1.60 bits per heavy atom. The molecule has 0 radical (unpaired) electrons. The summed E-state index contributed by atoms with van der Waals surface area (Å²) in [5.74, 6) is -0.0543. The molecule has 0 saturated carbocycles. The summed E-state index contributed by atoms with van der Waals surface area (Å²) < 4.78 is 1.88. The lowest BCUT2D eigenvalue weighted by atomic mass is 10.3. The zero-order valence-electron chi connectivity index (χ0n) is 8.40. The number of nitrogens with one attached hydrogen (secondary N) is 2. The Morgan fingerprint density at radius 2 is 2.47 bits per heavy atom. The number of fused-ring (bicyclic) bond motifs is 1. The fraction of sp³-hybridized carbons (Fsp3) is 0.200. The second-order valence-electron chi connectivity index (χ2n) is 3.22. The van der Waals surface area contributed by atoms with Gasteiger partial charge in [0, 0.05) is 11.9 Å². The van der Waals surface area contributed by atoms with Crippen LogP contribution in [0.2, 0.25) is 0 Å². The molecule has 0 aromatic carbocycles. The molecule has 0 fully saturated rings. The van der Waals surface area contributed by atoms with Crippen LogP contribution >= 0.6 is 0 Å². The number of pyridine rings is 1. The minimum Gasteiger partial charge on any atom is -0.325 e. The number of imidazole rings is 1. The van der Waals surface area contributed by atoms with Crippen LogP contribution in [-0.2, 0) is 4.79 Å². The average Bonchev–Trinajstić information content (AvgIpc) is 2.65. The average molecular weight is 204 g/mol. The molecule has 5 heteroatoms. The van der Waals surface area contributed by atoms with Crippen molar-refractivity contribution in [1.82, 2.24) is 14.7 Å². The normalized spacial score (nSPS) is 10.5. The summed E-state index contributed by atoms with van der Waals surface area (Å²) in [6.45, 7) is 0.310. The van der Waals surface area contributed by atoms with Crippen molar-refractivity contribution in [3.63, 3.8) is 0 Å². The van der Waals surface area contributed by atoms with Crippen molar-refractivity contribution in [3.05, 3.63) is 30.9 Å². The van der Waals surface area contributed by atoms with Crippen molar-refractivity contribution in [1.29, 1.82) is 0 Å². The van der Waals surface area contributed by atoms with Crippen LogP contribution in [0.25, 0.3) is 5.52 Å². The quantitative estimate of drug-likeness (QED) is 0.765. The van der Waals surface area contributed by atoms with Crippen LogP contribution in [-0.4, -0.2) is 28.9 Å². The Balaban J connectivity index is 2.17. The number of likely N-dealkylation sites (N-methyl/N-ethyl adjacent to an activating group) is 1. The smallest absolute Gasteiger partial charge is 0.238 e. The summed E-state index contributed by atoms with van der Waals surface area (Å²) in [6, 6.07) is 3.71. The summed E-state index contributed by atoms with van der Waals surface area (Å²) in [5.41, 5.74) is 1.74. The van der Waals surface area contributed by atoms with Gasteiger partial charge in [-0.3, -0.25) is 4.79 Å². The van der Waals surface area contributed by atoms with Gasteiger partial charge in [-0.1, -0.05) is 0 Å². The standard InChI is InChI=1S/C10H12N4O/c1-11-6-10(15)13-8-2-3-14-7-12-5-9(14)4-8/h2-5,7,11H,6H2,1H3,(H,13,15). The van der Waals surface area contributed by atoms with Gasteiger partial charge >= 0.3 is 0 Å². The van der Waals surface area contributed by atoms with Crippen molar-refractivity contribution in [2.75, 3.05) is 18.9 Å². The van der Waals surface area contributed by atoms with Crippen LogP contribution in [0.5, 0.6) is 0 Å². The molecule has 0 saturated heterocycles. The Morgan fingerprint density at radius 3 is 3.27 bits per heavy atom. The van der Waals surface area contributed by atoms with Gasteiger partial charge in [0.15, 0.2) is 0 Å². The summed E-state index contributed by atoms with van der Waals surface area (Å²) in [4.78, 5) is 15.3. The highest BCUT2D eigenvalue weighted by Gasteiger charge is 2.01. The van der Waals surface area contributed by atoms with E-state index in [1.807, 2.05) is 22.7 Å². The lowest BCUT2D eigenvalue weighted by Crippen LogP contribution is -2.25. The van der Waals surface area contributed by atoms with E-state index in [4.69, 9.17) is 0 Å². The first-order chi connectivity index (χ1) is 7.29. The lowest BCUT2D eigenvalue weighted by Gasteiger charge is -2.04. The highest BCUT2D eigenvalue weighted by atomic mass is 16.1. The maximum absolute atomic E-state index is 11.3. The fourth-order valence-electron chi connectivity index (χ4n) is 1.36. The second kappa shape index (κ2) is 4.10. The first kappa shape index (κ1) is 9.67. The van der Waals surface area contributed by atoms with Gasteiger partial charge in [-0.25, -0.2) is 4.98 Å². The van der Waals surface area contributed by atoms with Gasteiger partial charge in [-0.05, 0) is 19.2 Å². The van der Waals surface area contributed by atoms with Gasteiger partial charge in [0.25, 0.3) is 0 Å². The predicted octanol–water partition coefficient (Wildman–Crippen LogP) is 0.492. The third-order valence-electron chi connectivity index (χ3n) is 2.04. The summed E-state index contributed by atoms with van der Waals surface area (Å²) in [7, 11) is 1.74. The SMILES string of the molecule is CNCC(=O)Nc1ccn2cncc2c1. The Hall–Kier alpha value is -1.88. The second-order valence-corrected chi connectivity index (χ2v) is 3.22. The monoisotopic (exact) mass is 204 g/mol. The zero-order chi connectivity index (χ0) is 10.7. The molecule has 0 atom stereocenters. The number of anilines is 1. The number of hydrogen-bond acceptors (Lipinski definition) is 3. The number of hydrogen-bond donors (Lipinski definition) is 2. The maximum Gasteiger partial charge on any atom is 0.238 e. The van der Waals surface area contributed by atoms with Crippen molar-refractivity contribution in [2.45, 2.75) is 0 Å². The highest BCUT2D eigenvalue weighted by Crippen LogP contribution is 2.10. The van der Waals surface area contributed by atoms with Crippen molar-refractivity contribution >= 4 is 17.1 Å². The van der Waals surface area contributed by atoms with Gasteiger partial charge in [-0.2, -0.15) is 0 Å². The van der Waals surface area contributed by atoms with E-state index in [0.717, 1.165) is 11.2 Å².